The summed E-state index contributed by atoms with van der Waals surface area (Å²) in [6, 6.07) is 2.40. The van der Waals surface area contributed by atoms with Gasteiger partial charge in [-0.2, -0.15) is 0 Å². The van der Waals surface area contributed by atoms with E-state index in [-0.39, 0.29) is 0 Å². The predicted molar refractivity (Wildman–Crippen MR) is 93.0 cm³/mol. The van der Waals surface area contributed by atoms with Gasteiger partial charge in [0.15, 0.2) is 5.11 Å². The van der Waals surface area contributed by atoms with Gasteiger partial charge in [-0.05, 0) is 37.0 Å². The number of thiocarbonyl (C=S) groups is 1. The molecule has 1 aliphatic heterocycles. The smallest absolute Gasteiger partial charge is 0.225 e. The van der Waals surface area contributed by atoms with E-state index in [4.69, 9.17) is 12.2 Å². The van der Waals surface area contributed by atoms with Gasteiger partial charge >= 0.3 is 0 Å². The zero-order valence-corrected chi connectivity index (χ0v) is 14.1. The lowest BCUT2D eigenvalue weighted by molar-refractivity contribution is 0.293. The minimum Gasteiger partial charge on any atom is -0.360 e. The highest BCUT2D eigenvalue weighted by molar-refractivity contribution is 7.80. The molecule has 1 aromatic rings. The monoisotopic (exact) mass is 319 g/mol. The molecule has 22 heavy (non-hydrogen) atoms. The largest absolute Gasteiger partial charge is 0.360 e. The minimum absolute atomic E-state index is 0.553. The Morgan fingerprint density at radius 2 is 1.82 bits per heavy atom. The van der Waals surface area contributed by atoms with Gasteiger partial charge in [0.05, 0.1) is 0 Å². The summed E-state index contributed by atoms with van der Waals surface area (Å²) in [5.41, 5.74) is 0. The van der Waals surface area contributed by atoms with Crippen molar-refractivity contribution >= 4 is 23.3 Å². The minimum atomic E-state index is 0.553. The summed E-state index contributed by atoms with van der Waals surface area (Å²) in [6.45, 7) is 6.05. The van der Waals surface area contributed by atoms with Crippen molar-refractivity contribution in [2.24, 2.45) is 5.92 Å². The number of hydrogen-bond acceptors (Lipinski definition) is 4. The highest BCUT2D eigenvalue weighted by Crippen LogP contribution is 2.24. The third-order valence-electron chi connectivity index (χ3n) is 4.82. The molecule has 3 rings (SSSR count). The maximum absolute atomic E-state index is 5.63. The van der Waals surface area contributed by atoms with E-state index >= 15 is 0 Å². The lowest BCUT2D eigenvalue weighted by Crippen LogP contribution is -2.54. The van der Waals surface area contributed by atoms with Crippen LogP contribution >= 0.6 is 12.2 Å². The van der Waals surface area contributed by atoms with Crippen LogP contribution in [0.5, 0.6) is 0 Å². The molecule has 0 aromatic carbocycles. The van der Waals surface area contributed by atoms with Crippen LogP contribution in [0.2, 0.25) is 0 Å². The third-order valence-corrected chi connectivity index (χ3v) is 5.20. The molecule has 1 aromatic heterocycles. The van der Waals surface area contributed by atoms with Crippen molar-refractivity contribution in [2.45, 2.75) is 38.6 Å². The summed E-state index contributed by atoms with van der Waals surface area (Å²) in [5.74, 6) is 1.55. The Balaban J connectivity index is 1.49. The fraction of sp³-hybridized carbons (Fsp3) is 0.688. The predicted octanol–water partition coefficient (Wildman–Crippen LogP) is 2.05. The quantitative estimate of drug-likeness (QED) is 0.842. The molecule has 0 bridgehead atoms. The molecule has 0 unspecified atom stereocenters. The Bertz CT molecular complexity index is 487. The van der Waals surface area contributed by atoms with Gasteiger partial charge in [0.25, 0.3) is 0 Å². The molecule has 6 heteroatoms. The Kier molecular flexibility index (Phi) is 5.08. The molecular weight excluding hydrogens is 294 g/mol. The summed E-state index contributed by atoms with van der Waals surface area (Å²) >= 11 is 5.63. The molecule has 1 saturated heterocycles. The normalized spacial score (nSPS) is 25.9. The maximum atomic E-state index is 5.63. The van der Waals surface area contributed by atoms with Gasteiger partial charge in [0.1, 0.15) is 0 Å². The number of anilines is 1. The molecule has 1 saturated carbocycles. The van der Waals surface area contributed by atoms with Crippen LogP contribution in [0.25, 0.3) is 0 Å². The van der Waals surface area contributed by atoms with Crippen molar-refractivity contribution in [3.8, 4) is 0 Å². The number of nitrogens with one attached hydrogen (secondary N) is 1. The van der Waals surface area contributed by atoms with E-state index in [2.05, 4.69) is 32.0 Å². The average Bonchev–Trinajstić information content (AvgIpc) is 2.58. The van der Waals surface area contributed by atoms with E-state index in [1.165, 1.54) is 25.7 Å². The van der Waals surface area contributed by atoms with E-state index in [9.17, 15) is 0 Å². The van der Waals surface area contributed by atoms with Crippen LogP contribution < -0.4 is 10.2 Å². The first kappa shape index (κ1) is 15.5. The molecule has 2 aliphatic rings. The SMILES string of the molecule is C[C@H]1CCCC[C@@H]1NC(=S)N1CCN(c2ncccn2)CC1. The van der Waals surface area contributed by atoms with Crippen molar-refractivity contribution in [2.75, 3.05) is 31.1 Å². The molecule has 2 heterocycles. The fourth-order valence-corrected chi connectivity index (χ4v) is 3.68. The second-order valence-corrected chi connectivity index (χ2v) is 6.73. The molecule has 5 nitrogen and oxygen atoms in total. The molecule has 2 fully saturated rings. The lowest BCUT2D eigenvalue weighted by Gasteiger charge is -2.38. The van der Waals surface area contributed by atoms with E-state index in [1.807, 2.05) is 6.07 Å². The number of nitrogens with zero attached hydrogens (tertiary/aromatic N) is 4. The number of piperazine rings is 1. The van der Waals surface area contributed by atoms with Crippen LogP contribution in [-0.4, -0.2) is 52.2 Å². The van der Waals surface area contributed by atoms with Gasteiger partial charge in [-0.1, -0.05) is 19.8 Å². The Morgan fingerprint density at radius 3 is 2.50 bits per heavy atom. The van der Waals surface area contributed by atoms with E-state index < -0.39 is 0 Å². The lowest BCUT2D eigenvalue weighted by atomic mass is 9.86. The van der Waals surface area contributed by atoms with Crippen LogP contribution in [0.3, 0.4) is 0 Å². The number of aromatic nitrogens is 2. The Hall–Kier alpha value is -1.43. The van der Waals surface area contributed by atoms with Crippen molar-refractivity contribution < 1.29 is 0 Å². The van der Waals surface area contributed by atoms with Crippen LogP contribution in [0.1, 0.15) is 32.6 Å². The van der Waals surface area contributed by atoms with Crippen molar-refractivity contribution in [3.63, 3.8) is 0 Å². The van der Waals surface area contributed by atoms with Crippen LogP contribution in [0.4, 0.5) is 5.95 Å². The van der Waals surface area contributed by atoms with Crippen molar-refractivity contribution in [1.82, 2.24) is 20.2 Å². The number of hydrogen-bond donors (Lipinski definition) is 1. The Morgan fingerprint density at radius 1 is 1.14 bits per heavy atom. The Labute approximate surface area is 138 Å². The summed E-state index contributed by atoms with van der Waals surface area (Å²) in [6.07, 6.45) is 8.85. The topological polar surface area (TPSA) is 44.3 Å². The molecule has 120 valence electrons. The summed E-state index contributed by atoms with van der Waals surface area (Å²) in [4.78, 5) is 13.2. The first-order chi connectivity index (χ1) is 10.7. The first-order valence-electron chi connectivity index (χ1n) is 8.31. The molecule has 1 N–H and O–H groups in total. The molecule has 1 aliphatic carbocycles. The summed E-state index contributed by atoms with van der Waals surface area (Å²) in [7, 11) is 0. The maximum Gasteiger partial charge on any atom is 0.225 e. The highest BCUT2D eigenvalue weighted by atomic mass is 32.1. The first-order valence-corrected chi connectivity index (χ1v) is 8.72. The molecule has 0 spiro atoms. The van der Waals surface area contributed by atoms with E-state index in [0.29, 0.717) is 6.04 Å². The van der Waals surface area contributed by atoms with Crippen molar-refractivity contribution in [3.05, 3.63) is 18.5 Å². The molecule has 0 radical (unpaired) electrons. The number of rotatable bonds is 2. The van der Waals surface area contributed by atoms with Gasteiger partial charge < -0.3 is 15.1 Å². The molecule has 2 atom stereocenters. The van der Waals surface area contributed by atoms with Gasteiger partial charge in [-0.15, -0.1) is 0 Å². The molecule has 0 amide bonds. The van der Waals surface area contributed by atoms with Gasteiger partial charge in [-0.3, -0.25) is 0 Å². The zero-order valence-electron chi connectivity index (χ0n) is 13.2. The highest BCUT2D eigenvalue weighted by Gasteiger charge is 2.25. The van der Waals surface area contributed by atoms with Crippen LogP contribution in [0, 0.1) is 5.92 Å². The summed E-state index contributed by atoms with van der Waals surface area (Å²) in [5, 5.41) is 4.52. The zero-order chi connectivity index (χ0) is 15.4. The van der Waals surface area contributed by atoms with Gasteiger partial charge in [0, 0.05) is 44.6 Å². The van der Waals surface area contributed by atoms with E-state index in [1.54, 1.807) is 12.4 Å². The average molecular weight is 319 g/mol. The van der Waals surface area contributed by atoms with Crippen molar-refractivity contribution in [1.29, 1.82) is 0 Å². The second kappa shape index (κ2) is 7.22. The third kappa shape index (κ3) is 3.66. The fourth-order valence-electron chi connectivity index (χ4n) is 3.34. The van der Waals surface area contributed by atoms with Gasteiger partial charge in [-0.25, -0.2) is 9.97 Å². The second-order valence-electron chi connectivity index (χ2n) is 6.34. The van der Waals surface area contributed by atoms with Gasteiger partial charge in [0.2, 0.25) is 5.95 Å². The molecular formula is C16H25N5S. The van der Waals surface area contributed by atoms with E-state index in [0.717, 1.165) is 43.2 Å². The van der Waals surface area contributed by atoms with Crippen LogP contribution in [0.15, 0.2) is 18.5 Å². The standard InChI is InChI=1S/C16H25N5S/c1-13-5-2-3-6-14(13)19-16(22)21-11-9-20(10-12-21)15-17-7-4-8-18-15/h4,7-8,13-14H,2-3,5-6,9-12H2,1H3,(H,19,22)/t13-,14-/m0/s1. The summed E-state index contributed by atoms with van der Waals surface area (Å²) < 4.78 is 0. The van der Waals surface area contributed by atoms with Crippen LogP contribution in [-0.2, 0) is 0 Å².